The van der Waals surface area contributed by atoms with Crippen molar-refractivity contribution in [3.05, 3.63) is 0 Å². The van der Waals surface area contributed by atoms with Crippen LogP contribution in [0.25, 0.3) is 0 Å². The molecular formula is C11H27BrO2Si2. The van der Waals surface area contributed by atoms with E-state index < -0.39 is 16.6 Å². The Kier molecular flexibility index (Phi) is 7.69. The average Bonchev–Trinajstić information content (AvgIpc) is 2.06. The van der Waals surface area contributed by atoms with Gasteiger partial charge in [0, 0.05) is 18.0 Å². The Labute approximate surface area is 111 Å². The lowest BCUT2D eigenvalue weighted by Crippen LogP contribution is -2.29. The maximum Gasteiger partial charge on any atom is 0.183 e. The van der Waals surface area contributed by atoms with Crippen LogP contribution in [0.4, 0.5) is 0 Å². The fraction of sp³-hybridized carbons (Fsp3) is 1.00. The molecule has 1 unspecified atom stereocenters. The molecule has 0 spiro atoms. The highest BCUT2D eigenvalue weighted by Crippen LogP contribution is 2.13. The fourth-order valence-corrected chi connectivity index (χ4v) is 3.26. The van der Waals surface area contributed by atoms with Crippen LogP contribution >= 0.6 is 15.9 Å². The minimum Gasteiger partial charge on any atom is -0.418 e. The van der Waals surface area contributed by atoms with Gasteiger partial charge in [0.05, 0.1) is 0 Å². The molecule has 0 saturated carbocycles. The number of hydrogen-bond acceptors (Lipinski definition) is 2. The smallest absolute Gasteiger partial charge is 0.183 e. The Morgan fingerprint density at radius 1 is 0.938 bits per heavy atom. The van der Waals surface area contributed by atoms with Crippen molar-refractivity contribution >= 4 is 32.6 Å². The summed E-state index contributed by atoms with van der Waals surface area (Å²) in [5.74, 6) is 0. The van der Waals surface area contributed by atoms with E-state index in [1.54, 1.807) is 0 Å². The first kappa shape index (κ1) is 16.8. The van der Waals surface area contributed by atoms with Crippen molar-refractivity contribution in [3.8, 4) is 0 Å². The van der Waals surface area contributed by atoms with Crippen molar-refractivity contribution < 1.29 is 8.85 Å². The van der Waals surface area contributed by atoms with Gasteiger partial charge in [-0.3, -0.25) is 0 Å². The normalized spacial score (nSPS) is 15.2. The van der Waals surface area contributed by atoms with E-state index >= 15 is 0 Å². The summed E-state index contributed by atoms with van der Waals surface area (Å²) in [6.45, 7) is 15.1. The van der Waals surface area contributed by atoms with Crippen LogP contribution in [0.2, 0.25) is 39.3 Å². The van der Waals surface area contributed by atoms with E-state index in [4.69, 9.17) is 8.85 Å². The molecule has 98 valence electrons. The highest BCUT2D eigenvalue weighted by Gasteiger charge is 2.17. The monoisotopic (exact) mass is 326 g/mol. The van der Waals surface area contributed by atoms with E-state index in [2.05, 4.69) is 55.2 Å². The molecule has 0 radical (unpaired) electrons. The van der Waals surface area contributed by atoms with Gasteiger partial charge in [0.15, 0.2) is 16.6 Å². The predicted molar refractivity (Wildman–Crippen MR) is 80.5 cm³/mol. The van der Waals surface area contributed by atoms with Crippen LogP contribution in [0.15, 0.2) is 0 Å². The van der Waals surface area contributed by atoms with Crippen molar-refractivity contribution in [3.63, 3.8) is 0 Å². The first-order chi connectivity index (χ1) is 7.10. The minimum atomic E-state index is -1.35. The zero-order valence-corrected chi connectivity index (χ0v) is 15.2. The number of hydrogen-bond donors (Lipinski definition) is 0. The van der Waals surface area contributed by atoms with Gasteiger partial charge in [-0.15, -0.1) is 0 Å². The third-order valence-corrected chi connectivity index (χ3v) is 4.72. The zero-order valence-electron chi connectivity index (χ0n) is 11.6. The molecule has 0 bridgehead atoms. The molecule has 1 atom stereocenters. The van der Waals surface area contributed by atoms with E-state index in [9.17, 15) is 0 Å². The van der Waals surface area contributed by atoms with Crippen LogP contribution in [0.3, 0.4) is 0 Å². The second-order valence-electron chi connectivity index (χ2n) is 6.12. The van der Waals surface area contributed by atoms with Gasteiger partial charge in [-0.25, -0.2) is 0 Å². The summed E-state index contributed by atoms with van der Waals surface area (Å²) < 4.78 is 11.7. The molecule has 0 aliphatic heterocycles. The highest BCUT2D eigenvalue weighted by molar-refractivity contribution is 9.09. The third kappa shape index (κ3) is 12.9. The summed E-state index contributed by atoms with van der Waals surface area (Å²) in [6.07, 6.45) is 2.25. The number of alkyl halides is 1. The van der Waals surface area contributed by atoms with Gasteiger partial charge in [0.1, 0.15) is 0 Å². The van der Waals surface area contributed by atoms with E-state index in [-0.39, 0.29) is 0 Å². The molecule has 0 aliphatic rings. The summed E-state index contributed by atoms with van der Waals surface area (Å²) in [5.41, 5.74) is 0. The van der Waals surface area contributed by atoms with Crippen LogP contribution in [-0.2, 0) is 8.85 Å². The molecule has 0 aromatic rings. The predicted octanol–water partition coefficient (Wildman–Crippen LogP) is 4.23. The molecule has 0 fully saturated rings. The summed E-state index contributed by atoms with van der Waals surface area (Å²) in [7, 11) is -2.67. The lowest BCUT2D eigenvalue weighted by atomic mass is 10.2. The second-order valence-corrected chi connectivity index (χ2v) is 16.4. The molecule has 0 heterocycles. The molecule has 0 aromatic carbocycles. The number of halogens is 1. The SMILES string of the molecule is C[Si](C)(C)OCCCC(Br)CO[Si](C)(C)C. The summed E-state index contributed by atoms with van der Waals surface area (Å²) in [6, 6.07) is 0. The Balaban J connectivity index is 3.48. The quantitative estimate of drug-likeness (QED) is 0.377. The first-order valence-electron chi connectivity index (χ1n) is 6.02. The third-order valence-electron chi connectivity index (χ3n) is 1.89. The molecular weight excluding hydrogens is 300 g/mol. The Hall–Kier alpha value is 0.834. The second kappa shape index (κ2) is 7.31. The lowest BCUT2D eigenvalue weighted by molar-refractivity contribution is 0.279. The first-order valence-corrected chi connectivity index (χ1v) is 13.8. The molecule has 0 N–H and O–H groups in total. The van der Waals surface area contributed by atoms with Gasteiger partial charge in [0.25, 0.3) is 0 Å². The largest absolute Gasteiger partial charge is 0.418 e. The van der Waals surface area contributed by atoms with Gasteiger partial charge < -0.3 is 8.85 Å². The van der Waals surface area contributed by atoms with E-state index in [0.717, 1.165) is 26.1 Å². The Morgan fingerprint density at radius 2 is 1.44 bits per heavy atom. The fourth-order valence-electron chi connectivity index (χ4n) is 1.11. The highest BCUT2D eigenvalue weighted by atomic mass is 79.9. The molecule has 0 amide bonds. The maximum absolute atomic E-state index is 5.85. The zero-order chi connectivity index (χ0) is 12.8. The van der Waals surface area contributed by atoms with Crippen molar-refractivity contribution in [2.24, 2.45) is 0 Å². The topological polar surface area (TPSA) is 18.5 Å². The molecule has 16 heavy (non-hydrogen) atoms. The van der Waals surface area contributed by atoms with E-state index in [1.165, 1.54) is 0 Å². The van der Waals surface area contributed by atoms with Gasteiger partial charge in [0.2, 0.25) is 0 Å². The van der Waals surface area contributed by atoms with Crippen molar-refractivity contribution in [2.45, 2.75) is 57.0 Å². The molecule has 0 saturated heterocycles. The van der Waals surface area contributed by atoms with Gasteiger partial charge >= 0.3 is 0 Å². The Morgan fingerprint density at radius 3 is 1.88 bits per heavy atom. The van der Waals surface area contributed by atoms with Crippen molar-refractivity contribution in [1.82, 2.24) is 0 Å². The summed E-state index contributed by atoms with van der Waals surface area (Å²) in [5, 5.41) is 0. The molecule has 0 aliphatic carbocycles. The van der Waals surface area contributed by atoms with Crippen LogP contribution in [-0.4, -0.2) is 34.7 Å². The van der Waals surface area contributed by atoms with Gasteiger partial charge in [-0.05, 0) is 52.1 Å². The van der Waals surface area contributed by atoms with Crippen molar-refractivity contribution in [1.29, 1.82) is 0 Å². The van der Waals surface area contributed by atoms with E-state index in [0.29, 0.717) is 4.83 Å². The van der Waals surface area contributed by atoms with Crippen LogP contribution in [0, 0.1) is 0 Å². The molecule has 0 aromatic heterocycles. The van der Waals surface area contributed by atoms with Crippen molar-refractivity contribution in [2.75, 3.05) is 13.2 Å². The lowest BCUT2D eigenvalue weighted by Gasteiger charge is -2.21. The molecule has 2 nitrogen and oxygen atoms in total. The van der Waals surface area contributed by atoms with Gasteiger partial charge in [-0.1, -0.05) is 15.9 Å². The van der Waals surface area contributed by atoms with E-state index in [1.807, 2.05) is 0 Å². The van der Waals surface area contributed by atoms with Crippen LogP contribution in [0.1, 0.15) is 12.8 Å². The standard InChI is InChI=1S/C11H27BrO2Si2/c1-15(2,3)13-9-7-8-11(12)10-14-16(4,5)6/h11H,7-10H2,1-6H3. The molecule has 0 rings (SSSR count). The summed E-state index contributed by atoms with van der Waals surface area (Å²) in [4.78, 5) is 0.476. The molecule has 5 heteroatoms. The Bertz CT molecular complexity index is 187. The average molecular weight is 327 g/mol. The van der Waals surface area contributed by atoms with Crippen LogP contribution in [0.5, 0.6) is 0 Å². The maximum atomic E-state index is 5.85. The number of rotatable bonds is 8. The minimum absolute atomic E-state index is 0.476. The summed E-state index contributed by atoms with van der Waals surface area (Å²) >= 11 is 3.66. The van der Waals surface area contributed by atoms with Crippen LogP contribution < -0.4 is 0 Å². The van der Waals surface area contributed by atoms with Gasteiger partial charge in [-0.2, -0.15) is 0 Å².